The van der Waals surface area contributed by atoms with Crippen LogP contribution in [0.4, 0.5) is 5.82 Å². The monoisotopic (exact) mass is 369 g/mol. The van der Waals surface area contributed by atoms with Gasteiger partial charge in [-0.2, -0.15) is 10.4 Å². The van der Waals surface area contributed by atoms with E-state index < -0.39 is 0 Å². The standard InChI is InChI=1S/C22H19N5O/c1-14-20(13-27(26-14)8-9-28)18-11-21(25-22(24)19(18)12-23)17-7-6-15-4-2-3-5-16(15)10-17/h2-7,10-11,13,28H,8-9H2,1H3,(H2,24,25). The van der Waals surface area contributed by atoms with Gasteiger partial charge in [0.2, 0.25) is 0 Å². The molecule has 4 rings (SSSR count). The van der Waals surface area contributed by atoms with E-state index in [4.69, 9.17) is 5.73 Å². The summed E-state index contributed by atoms with van der Waals surface area (Å²) in [6, 6.07) is 18.3. The Balaban J connectivity index is 1.90. The molecule has 6 heteroatoms. The Hall–Kier alpha value is -3.69. The van der Waals surface area contributed by atoms with Gasteiger partial charge in [-0.3, -0.25) is 4.68 Å². The molecule has 0 fully saturated rings. The fourth-order valence-electron chi connectivity index (χ4n) is 3.39. The van der Waals surface area contributed by atoms with E-state index in [0.717, 1.165) is 27.6 Å². The maximum Gasteiger partial charge on any atom is 0.142 e. The van der Waals surface area contributed by atoms with Crippen molar-refractivity contribution < 1.29 is 5.11 Å². The number of nitrogen functional groups attached to an aromatic ring is 1. The zero-order valence-corrected chi connectivity index (χ0v) is 15.4. The second-order valence-corrected chi connectivity index (χ2v) is 6.60. The number of pyridine rings is 1. The summed E-state index contributed by atoms with van der Waals surface area (Å²) >= 11 is 0. The van der Waals surface area contributed by atoms with Crippen LogP contribution in [-0.2, 0) is 6.54 Å². The van der Waals surface area contributed by atoms with Crippen LogP contribution in [0.15, 0.2) is 54.7 Å². The Labute approximate surface area is 162 Å². The summed E-state index contributed by atoms with van der Waals surface area (Å²) in [7, 11) is 0. The molecule has 0 aliphatic heterocycles. The molecule has 2 aromatic heterocycles. The molecule has 2 heterocycles. The zero-order valence-electron chi connectivity index (χ0n) is 15.4. The number of benzene rings is 2. The van der Waals surface area contributed by atoms with E-state index in [-0.39, 0.29) is 12.4 Å². The molecule has 3 N–H and O–H groups in total. The highest BCUT2D eigenvalue weighted by molar-refractivity contribution is 5.88. The fourth-order valence-corrected chi connectivity index (χ4v) is 3.39. The average Bonchev–Trinajstić information content (AvgIpc) is 3.07. The van der Waals surface area contributed by atoms with E-state index in [1.807, 2.05) is 43.5 Å². The first-order valence-corrected chi connectivity index (χ1v) is 8.96. The van der Waals surface area contributed by atoms with Crippen molar-refractivity contribution in [2.75, 3.05) is 12.3 Å². The van der Waals surface area contributed by atoms with Gasteiger partial charge in [-0.1, -0.05) is 36.4 Å². The Kier molecular flexibility index (Phi) is 4.52. The highest BCUT2D eigenvalue weighted by Crippen LogP contribution is 2.33. The van der Waals surface area contributed by atoms with Gasteiger partial charge in [0.1, 0.15) is 17.5 Å². The van der Waals surface area contributed by atoms with Gasteiger partial charge in [0.15, 0.2) is 0 Å². The number of nitrogens with two attached hydrogens (primary N) is 1. The third-order valence-electron chi connectivity index (χ3n) is 4.77. The third kappa shape index (κ3) is 3.08. The number of anilines is 1. The topological polar surface area (TPSA) is 101 Å². The Morgan fingerprint density at radius 2 is 1.89 bits per heavy atom. The number of aryl methyl sites for hydroxylation is 1. The number of hydrogen-bond acceptors (Lipinski definition) is 5. The normalized spacial score (nSPS) is 10.9. The minimum Gasteiger partial charge on any atom is -0.394 e. The quantitative estimate of drug-likeness (QED) is 0.573. The molecule has 4 aromatic rings. The molecule has 0 atom stereocenters. The van der Waals surface area contributed by atoms with Crippen LogP contribution in [0.1, 0.15) is 11.3 Å². The first kappa shape index (κ1) is 17.7. The lowest BCUT2D eigenvalue weighted by molar-refractivity contribution is 0.269. The lowest BCUT2D eigenvalue weighted by Gasteiger charge is -2.10. The van der Waals surface area contributed by atoms with Crippen LogP contribution >= 0.6 is 0 Å². The van der Waals surface area contributed by atoms with E-state index in [9.17, 15) is 10.4 Å². The summed E-state index contributed by atoms with van der Waals surface area (Å²) in [6.45, 7) is 2.25. The van der Waals surface area contributed by atoms with Crippen molar-refractivity contribution in [1.82, 2.24) is 14.8 Å². The van der Waals surface area contributed by atoms with Crippen LogP contribution in [-0.4, -0.2) is 26.5 Å². The van der Waals surface area contributed by atoms with E-state index in [1.165, 1.54) is 0 Å². The van der Waals surface area contributed by atoms with Crippen LogP contribution in [0.2, 0.25) is 0 Å². The summed E-state index contributed by atoms with van der Waals surface area (Å²) in [4.78, 5) is 4.47. The van der Waals surface area contributed by atoms with Crippen molar-refractivity contribution in [1.29, 1.82) is 5.26 Å². The van der Waals surface area contributed by atoms with E-state index in [2.05, 4.69) is 34.4 Å². The van der Waals surface area contributed by atoms with Gasteiger partial charge in [-0.15, -0.1) is 0 Å². The number of aromatic nitrogens is 3. The van der Waals surface area contributed by atoms with E-state index in [1.54, 1.807) is 4.68 Å². The van der Waals surface area contributed by atoms with E-state index in [0.29, 0.717) is 23.4 Å². The predicted octanol–water partition coefficient (Wildman–Crippen LogP) is 3.52. The summed E-state index contributed by atoms with van der Waals surface area (Å²) in [6.07, 6.45) is 1.82. The molecule has 0 saturated carbocycles. The van der Waals surface area contributed by atoms with Gasteiger partial charge in [0, 0.05) is 22.9 Å². The Morgan fingerprint density at radius 1 is 1.11 bits per heavy atom. The Morgan fingerprint density at radius 3 is 2.64 bits per heavy atom. The van der Waals surface area contributed by atoms with Crippen molar-refractivity contribution >= 4 is 16.6 Å². The third-order valence-corrected chi connectivity index (χ3v) is 4.77. The summed E-state index contributed by atoms with van der Waals surface area (Å²) < 4.78 is 1.66. The van der Waals surface area contributed by atoms with Crippen LogP contribution in [0.25, 0.3) is 33.2 Å². The van der Waals surface area contributed by atoms with Crippen LogP contribution in [0, 0.1) is 18.3 Å². The highest BCUT2D eigenvalue weighted by Gasteiger charge is 2.17. The van der Waals surface area contributed by atoms with Gasteiger partial charge in [-0.25, -0.2) is 4.98 Å². The summed E-state index contributed by atoms with van der Waals surface area (Å²) in [5.41, 5.74) is 10.4. The molecule has 2 aromatic carbocycles. The molecular formula is C22H19N5O. The maximum atomic E-state index is 9.63. The van der Waals surface area contributed by atoms with Crippen LogP contribution in [0.5, 0.6) is 0 Å². The molecule has 0 aliphatic carbocycles. The zero-order chi connectivity index (χ0) is 19.7. The number of aliphatic hydroxyl groups excluding tert-OH is 1. The molecular weight excluding hydrogens is 350 g/mol. The molecule has 0 spiro atoms. The molecule has 0 amide bonds. The summed E-state index contributed by atoms with van der Waals surface area (Å²) in [5.74, 6) is 0.192. The van der Waals surface area contributed by atoms with Crippen LogP contribution < -0.4 is 5.73 Å². The van der Waals surface area contributed by atoms with Gasteiger partial charge < -0.3 is 10.8 Å². The molecule has 138 valence electrons. The SMILES string of the molecule is Cc1nn(CCO)cc1-c1cc(-c2ccc3ccccc3c2)nc(N)c1C#N. The second-order valence-electron chi connectivity index (χ2n) is 6.60. The molecule has 0 bridgehead atoms. The smallest absolute Gasteiger partial charge is 0.142 e. The second kappa shape index (κ2) is 7.14. The average molecular weight is 369 g/mol. The number of rotatable bonds is 4. The van der Waals surface area contributed by atoms with Gasteiger partial charge in [-0.05, 0) is 29.8 Å². The molecule has 0 aliphatic rings. The number of hydrogen-bond donors (Lipinski definition) is 2. The molecule has 28 heavy (non-hydrogen) atoms. The van der Waals surface area contributed by atoms with Crippen molar-refractivity contribution in [3.63, 3.8) is 0 Å². The number of fused-ring (bicyclic) bond motifs is 1. The first-order valence-electron chi connectivity index (χ1n) is 8.96. The Bertz CT molecular complexity index is 1220. The van der Waals surface area contributed by atoms with Crippen molar-refractivity contribution in [3.8, 4) is 28.5 Å². The van der Waals surface area contributed by atoms with Gasteiger partial charge in [0.25, 0.3) is 0 Å². The number of aliphatic hydroxyl groups is 1. The molecule has 0 unspecified atom stereocenters. The van der Waals surface area contributed by atoms with Gasteiger partial charge >= 0.3 is 0 Å². The lowest BCUT2D eigenvalue weighted by atomic mass is 9.98. The molecule has 0 saturated heterocycles. The predicted molar refractivity (Wildman–Crippen MR) is 109 cm³/mol. The number of nitrogens with zero attached hydrogens (tertiary/aromatic N) is 4. The minimum atomic E-state index is -0.00745. The van der Waals surface area contributed by atoms with Crippen molar-refractivity contribution in [2.45, 2.75) is 13.5 Å². The largest absolute Gasteiger partial charge is 0.394 e. The minimum absolute atomic E-state index is 0.00745. The van der Waals surface area contributed by atoms with Crippen molar-refractivity contribution in [3.05, 3.63) is 66.0 Å². The molecule has 6 nitrogen and oxygen atoms in total. The van der Waals surface area contributed by atoms with Crippen LogP contribution in [0.3, 0.4) is 0 Å². The lowest BCUT2D eigenvalue weighted by Crippen LogP contribution is -2.02. The highest BCUT2D eigenvalue weighted by atomic mass is 16.3. The van der Waals surface area contributed by atoms with Gasteiger partial charge in [0.05, 0.1) is 24.5 Å². The number of nitriles is 1. The van der Waals surface area contributed by atoms with Crippen molar-refractivity contribution in [2.24, 2.45) is 0 Å². The van der Waals surface area contributed by atoms with E-state index >= 15 is 0 Å². The fraction of sp³-hybridized carbons (Fsp3) is 0.136. The molecule has 0 radical (unpaired) electrons. The summed E-state index contributed by atoms with van der Waals surface area (Å²) in [5, 5.41) is 25.5. The maximum absolute atomic E-state index is 9.63. The first-order chi connectivity index (χ1) is 13.6.